The van der Waals surface area contributed by atoms with Crippen LogP contribution in [-0.2, 0) is 20.7 Å². The van der Waals surface area contributed by atoms with Gasteiger partial charge in [0.15, 0.2) is 18.1 Å². The van der Waals surface area contributed by atoms with Crippen LogP contribution in [0.5, 0.6) is 11.5 Å². The van der Waals surface area contributed by atoms with Crippen LogP contribution in [0.1, 0.15) is 18.1 Å². The first kappa shape index (κ1) is 22.3. The molecule has 0 aromatic heterocycles. The lowest BCUT2D eigenvalue weighted by molar-refractivity contribution is -0.137. The molecule has 0 spiro atoms. The van der Waals surface area contributed by atoms with Crippen molar-refractivity contribution in [1.29, 1.82) is 0 Å². The van der Waals surface area contributed by atoms with E-state index in [0.717, 1.165) is 11.1 Å². The first-order valence-electron chi connectivity index (χ1n) is 10.3. The van der Waals surface area contributed by atoms with Crippen LogP contribution in [0.3, 0.4) is 0 Å². The zero-order valence-electron chi connectivity index (χ0n) is 17.6. The summed E-state index contributed by atoms with van der Waals surface area (Å²) in [6.07, 6.45) is 1.79. The van der Waals surface area contributed by atoms with Crippen molar-refractivity contribution in [3.05, 3.63) is 59.7 Å². The van der Waals surface area contributed by atoms with Gasteiger partial charge in [0.1, 0.15) is 0 Å². The maximum atomic E-state index is 12.3. The van der Waals surface area contributed by atoms with E-state index in [1.807, 2.05) is 37.3 Å². The maximum Gasteiger partial charge on any atom is 0.260 e. The van der Waals surface area contributed by atoms with Crippen molar-refractivity contribution in [3.63, 3.8) is 0 Å². The molecule has 0 radical (unpaired) electrons. The topological polar surface area (TPSA) is 89.5 Å². The van der Waals surface area contributed by atoms with Gasteiger partial charge in [0.05, 0.1) is 32.5 Å². The summed E-state index contributed by atoms with van der Waals surface area (Å²) >= 11 is 0. The molecule has 1 saturated heterocycles. The molecule has 3 rings (SSSR count). The van der Waals surface area contributed by atoms with Gasteiger partial charge in [0.25, 0.3) is 5.91 Å². The fourth-order valence-corrected chi connectivity index (χ4v) is 3.04. The Morgan fingerprint density at radius 1 is 1.10 bits per heavy atom. The lowest BCUT2D eigenvalue weighted by Crippen LogP contribution is -2.43. The Labute approximate surface area is 181 Å². The summed E-state index contributed by atoms with van der Waals surface area (Å²) < 4.78 is 16.6. The molecule has 0 saturated carbocycles. The number of ether oxygens (including phenoxy) is 3. The quantitative estimate of drug-likeness (QED) is 0.490. The van der Waals surface area contributed by atoms with E-state index in [2.05, 4.69) is 10.5 Å². The molecule has 1 N–H and O–H groups in total. The smallest absolute Gasteiger partial charge is 0.260 e. The van der Waals surface area contributed by atoms with Crippen LogP contribution in [0.25, 0.3) is 0 Å². The Hall–Kier alpha value is -3.39. The molecule has 8 nitrogen and oxygen atoms in total. The number of morpholine rings is 1. The largest absolute Gasteiger partial charge is 0.490 e. The molecule has 2 amide bonds. The van der Waals surface area contributed by atoms with Gasteiger partial charge in [0.2, 0.25) is 5.91 Å². The molecule has 0 atom stereocenters. The van der Waals surface area contributed by atoms with E-state index in [1.165, 1.54) is 6.21 Å². The highest BCUT2D eigenvalue weighted by Gasteiger charge is 2.18. The number of carbonyl (C=O) groups excluding carboxylic acids is 2. The Bertz CT molecular complexity index is 895. The van der Waals surface area contributed by atoms with Crippen LogP contribution in [0.2, 0.25) is 0 Å². The van der Waals surface area contributed by atoms with Gasteiger partial charge in [-0.3, -0.25) is 9.59 Å². The van der Waals surface area contributed by atoms with Crippen molar-refractivity contribution in [2.75, 3.05) is 39.5 Å². The third-order valence-corrected chi connectivity index (χ3v) is 4.59. The van der Waals surface area contributed by atoms with Gasteiger partial charge in [-0.2, -0.15) is 5.10 Å². The van der Waals surface area contributed by atoms with Crippen molar-refractivity contribution in [2.24, 2.45) is 5.10 Å². The molecule has 0 unspecified atom stereocenters. The fourth-order valence-electron chi connectivity index (χ4n) is 3.04. The zero-order valence-corrected chi connectivity index (χ0v) is 17.6. The second kappa shape index (κ2) is 11.7. The highest BCUT2D eigenvalue weighted by Crippen LogP contribution is 2.28. The molecular weight excluding hydrogens is 398 g/mol. The zero-order chi connectivity index (χ0) is 21.9. The van der Waals surface area contributed by atoms with E-state index in [4.69, 9.17) is 14.2 Å². The second-order valence-corrected chi connectivity index (χ2v) is 6.88. The first-order valence-corrected chi connectivity index (χ1v) is 10.3. The number of hydrogen-bond acceptors (Lipinski definition) is 6. The Morgan fingerprint density at radius 2 is 1.87 bits per heavy atom. The summed E-state index contributed by atoms with van der Waals surface area (Å²) in [5, 5.41) is 4.01. The van der Waals surface area contributed by atoms with Crippen LogP contribution in [0.15, 0.2) is 53.6 Å². The average molecular weight is 425 g/mol. The van der Waals surface area contributed by atoms with Gasteiger partial charge in [-0.05, 0) is 36.2 Å². The first-order chi connectivity index (χ1) is 15.2. The van der Waals surface area contributed by atoms with Crippen molar-refractivity contribution >= 4 is 18.0 Å². The monoisotopic (exact) mass is 425 g/mol. The van der Waals surface area contributed by atoms with E-state index >= 15 is 0 Å². The van der Waals surface area contributed by atoms with Crippen LogP contribution in [0.4, 0.5) is 0 Å². The SMILES string of the molecule is CCOc1cc(/C=N/NC(=O)Cc2ccccc2)ccc1OCC(=O)N1CCOCC1. The van der Waals surface area contributed by atoms with E-state index in [0.29, 0.717) is 44.4 Å². The van der Waals surface area contributed by atoms with Gasteiger partial charge in [0, 0.05) is 13.1 Å². The summed E-state index contributed by atoms with van der Waals surface area (Å²) in [7, 11) is 0. The molecule has 31 heavy (non-hydrogen) atoms. The van der Waals surface area contributed by atoms with Crippen LogP contribution in [0, 0.1) is 0 Å². The molecule has 2 aromatic rings. The number of hydrazone groups is 1. The summed E-state index contributed by atoms with van der Waals surface area (Å²) in [5.74, 6) is 0.706. The standard InChI is InChI=1S/C23H27N3O5/c1-2-30-21-14-19(16-24-25-22(27)15-18-6-4-3-5-7-18)8-9-20(21)31-17-23(28)26-10-12-29-13-11-26/h3-9,14,16H,2,10-13,15,17H2,1H3,(H,25,27)/b24-16+. The lowest BCUT2D eigenvalue weighted by Gasteiger charge is -2.26. The maximum absolute atomic E-state index is 12.3. The molecule has 0 bridgehead atoms. The van der Waals surface area contributed by atoms with E-state index in [-0.39, 0.29) is 24.8 Å². The molecule has 1 aliphatic rings. The van der Waals surface area contributed by atoms with Crippen molar-refractivity contribution in [3.8, 4) is 11.5 Å². The van der Waals surface area contributed by atoms with Crippen molar-refractivity contribution in [2.45, 2.75) is 13.3 Å². The molecule has 1 heterocycles. The summed E-state index contributed by atoms with van der Waals surface area (Å²) in [6, 6.07) is 14.7. The third kappa shape index (κ3) is 7.11. The molecule has 1 aliphatic heterocycles. The normalized spacial score (nSPS) is 13.8. The highest BCUT2D eigenvalue weighted by atomic mass is 16.5. The van der Waals surface area contributed by atoms with Gasteiger partial charge in [-0.1, -0.05) is 30.3 Å². The number of hydrogen-bond donors (Lipinski definition) is 1. The van der Waals surface area contributed by atoms with Gasteiger partial charge < -0.3 is 19.1 Å². The number of rotatable bonds is 9. The van der Waals surface area contributed by atoms with Gasteiger partial charge in [-0.25, -0.2) is 5.43 Å². The predicted octanol–water partition coefficient (Wildman–Crippen LogP) is 2.02. The van der Waals surface area contributed by atoms with E-state index in [9.17, 15) is 9.59 Å². The molecule has 2 aromatic carbocycles. The minimum atomic E-state index is -0.200. The highest BCUT2D eigenvalue weighted by molar-refractivity contribution is 5.84. The Morgan fingerprint density at radius 3 is 2.61 bits per heavy atom. The van der Waals surface area contributed by atoms with Crippen LogP contribution >= 0.6 is 0 Å². The predicted molar refractivity (Wildman–Crippen MR) is 116 cm³/mol. The van der Waals surface area contributed by atoms with E-state index in [1.54, 1.807) is 23.1 Å². The lowest BCUT2D eigenvalue weighted by atomic mass is 10.1. The number of carbonyl (C=O) groups is 2. The third-order valence-electron chi connectivity index (χ3n) is 4.59. The molecule has 8 heteroatoms. The summed E-state index contributed by atoms with van der Waals surface area (Å²) in [5.41, 5.74) is 4.17. The van der Waals surface area contributed by atoms with Crippen LogP contribution < -0.4 is 14.9 Å². The van der Waals surface area contributed by atoms with E-state index < -0.39 is 0 Å². The average Bonchev–Trinajstić information content (AvgIpc) is 2.80. The Kier molecular flexibility index (Phi) is 8.42. The number of nitrogens with zero attached hydrogens (tertiary/aromatic N) is 2. The summed E-state index contributed by atoms with van der Waals surface area (Å²) in [6.45, 7) is 4.49. The van der Waals surface area contributed by atoms with Gasteiger partial charge in [-0.15, -0.1) is 0 Å². The van der Waals surface area contributed by atoms with Crippen LogP contribution in [-0.4, -0.2) is 62.4 Å². The Balaban J connectivity index is 1.55. The van der Waals surface area contributed by atoms with Crippen molar-refractivity contribution in [1.82, 2.24) is 10.3 Å². The minimum absolute atomic E-state index is 0.0664. The summed E-state index contributed by atoms with van der Waals surface area (Å²) in [4.78, 5) is 26.0. The van der Waals surface area contributed by atoms with Gasteiger partial charge >= 0.3 is 0 Å². The van der Waals surface area contributed by atoms with Crippen molar-refractivity contribution < 1.29 is 23.8 Å². The number of nitrogens with one attached hydrogen (secondary N) is 1. The molecule has 164 valence electrons. The molecular formula is C23H27N3O5. The molecule has 1 fully saturated rings. The second-order valence-electron chi connectivity index (χ2n) is 6.88. The fraction of sp³-hybridized carbons (Fsp3) is 0.348. The minimum Gasteiger partial charge on any atom is -0.490 e. The number of benzene rings is 2. The number of amides is 2. The molecule has 0 aliphatic carbocycles.